The lowest BCUT2D eigenvalue weighted by atomic mass is 9.83. The molecule has 28 heavy (non-hydrogen) atoms. The molecule has 148 valence electrons. The number of carbonyl (C=O) groups is 2. The van der Waals surface area contributed by atoms with Crippen molar-refractivity contribution in [2.75, 3.05) is 7.11 Å². The predicted octanol–water partition coefficient (Wildman–Crippen LogP) is 4.34. The number of ketones is 2. The predicted molar refractivity (Wildman–Crippen MR) is 104 cm³/mol. The molecule has 1 atom stereocenters. The molecule has 7 heteroatoms. The Morgan fingerprint density at radius 2 is 1.93 bits per heavy atom. The molecule has 0 saturated heterocycles. The van der Waals surface area contributed by atoms with Crippen molar-refractivity contribution in [1.82, 2.24) is 0 Å². The zero-order valence-corrected chi connectivity index (χ0v) is 16.1. The highest BCUT2D eigenvalue weighted by molar-refractivity contribution is 6.16. The quantitative estimate of drug-likeness (QED) is 0.298. The first-order valence-corrected chi connectivity index (χ1v) is 8.99. The van der Waals surface area contributed by atoms with E-state index in [0.29, 0.717) is 23.3 Å². The Hall–Kier alpha value is -3.22. The van der Waals surface area contributed by atoms with Gasteiger partial charge in [-0.15, -0.1) is 0 Å². The number of Topliss-reactive ketones (excluding diaryl/α,β-unsaturated/α-hetero) is 2. The highest BCUT2D eigenvalue weighted by Gasteiger charge is 2.33. The number of nitro benzene ring substituents is 1. The molecule has 0 fully saturated rings. The molecule has 2 rings (SSSR count). The summed E-state index contributed by atoms with van der Waals surface area (Å²) in [7, 11) is 1.51. The molecular formula is C21H23NO6. The van der Waals surface area contributed by atoms with E-state index in [1.807, 2.05) is 6.92 Å². The molecule has 2 aromatic carbocycles. The van der Waals surface area contributed by atoms with Gasteiger partial charge in [0.2, 0.25) is 0 Å². The summed E-state index contributed by atoms with van der Waals surface area (Å²) in [6.07, 6.45) is 1.49. The van der Waals surface area contributed by atoms with Gasteiger partial charge in [-0.25, -0.2) is 0 Å². The van der Waals surface area contributed by atoms with Crippen molar-refractivity contribution < 1.29 is 24.4 Å². The van der Waals surface area contributed by atoms with E-state index < -0.39 is 16.6 Å². The first-order chi connectivity index (χ1) is 13.3. The summed E-state index contributed by atoms with van der Waals surface area (Å²) in [4.78, 5) is 36.6. The van der Waals surface area contributed by atoms with Crippen LogP contribution in [0.4, 0.5) is 5.69 Å². The fourth-order valence-corrected chi connectivity index (χ4v) is 3.04. The van der Waals surface area contributed by atoms with E-state index in [2.05, 4.69) is 0 Å². The van der Waals surface area contributed by atoms with Gasteiger partial charge in [0.1, 0.15) is 23.2 Å². The summed E-state index contributed by atoms with van der Waals surface area (Å²) in [5.41, 5.74) is 0.583. The normalized spacial score (nSPS) is 11.7. The number of aromatic hydroxyl groups is 1. The van der Waals surface area contributed by atoms with Crippen molar-refractivity contribution in [2.45, 2.75) is 39.0 Å². The third kappa shape index (κ3) is 4.54. The molecule has 7 nitrogen and oxygen atoms in total. The van der Waals surface area contributed by atoms with Crippen LogP contribution in [0.25, 0.3) is 0 Å². The topological polar surface area (TPSA) is 107 Å². The SMILES string of the molecule is CCCCC(=O)C(C(=O)c1ccc(OC)cc1C)c1cc([N+](=O)[O-])ccc1O. The molecule has 1 unspecified atom stereocenters. The minimum atomic E-state index is -1.31. The number of nitro groups is 1. The standard InChI is InChI=1S/C21H23NO6/c1-4-5-6-19(24)20(17-12-14(22(26)27)7-10-18(17)23)21(25)16-9-8-15(28-3)11-13(16)2/h7-12,20,23H,4-6H2,1-3H3. The Kier molecular flexibility index (Phi) is 6.87. The Bertz CT molecular complexity index is 906. The third-order valence-corrected chi connectivity index (χ3v) is 4.59. The first kappa shape index (κ1) is 21.1. The van der Waals surface area contributed by atoms with Gasteiger partial charge in [0.25, 0.3) is 5.69 Å². The maximum Gasteiger partial charge on any atom is 0.270 e. The van der Waals surface area contributed by atoms with Gasteiger partial charge in [0.15, 0.2) is 5.78 Å². The van der Waals surface area contributed by atoms with Crippen LogP contribution in [-0.4, -0.2) is 28.7 Å². The van der Waals surface area contributed by atoms with Crippen LogP contribution in [-0.2, 0) is 4.79 Å². The largest absolute Gasteiger partial charge is 0.508 e. The maximum atomic E-state index is 13.3. The van der Waals surface area contributed by atoms with Crippen LogP contribution < -0.4 is 4.74 Å². The number of non-ortho nitro benzene ring substituents is 1. The summed E-state index contributed by atoms with van der Waals surface area (Å²) in [5, 5.41) is 21.4. The number of carbonyl (C=O) groups excluding carboxylic acids is 2. The molecule has 2 aromatic rings. The van der Waals surface area contributed by atoms with Crippen molar-refractivity contribution >= 4 is 17.3 Å². The Morgan fingerprint density at radius 3 is 2.50 bits per heavy atom. The molecule has 0 spiro atoms. The average Bonchev–Trinajstić information content (AvgIpc) is 2.67. The summed E-state index contributed by atoms with van der Waals surface area (Å²) < 4.78 is 5.14. The van der Waals surface area contributed by atoms with Gasteiger partial charge in [-0.2, -0.15) is 0 Å². The number of benzene rings is 2. The molecule has 0 heterocycles. The molecule has 0 saturated carbocycles. The number of hydrogen-bond acceptors (Lipinski definition) is 6. The van der Waals surface area contributed by atoms with Crippen LogP contribution in [0, 0.1) is 17.0 Å². The minimum Gasteiger partial charge on any atom is -0.508 e. The summed E-state index contributed by atoms with van der Waals surface area (Å²) in [6.45, 7) is 3.64. The molecule has 0 aliphatic carbocycles. The fraction of sp³-hybridized carbons (Fsp3) is 0.333. The van der Waals surface area contributed by atoms with E-state index in [-0.39, 0.29) is 29.2 Å². The Morgan fingerprint density at radius 1 is 1.21 bits per heavy atom. The van der Waals surface area contributed by atoms with Crippen LogP contribution in [0.2, 0.25) is 0 Å². The van der Waals surface area contributed by atoms with Crippen LogP contribution in [0.5, 0.6) is 11.5 Å². The Labute approximate surface area is 163 Å². The number of hydrogen-bond donors (Lipinski definition) is 1. The van der Waals surface area contributed by atoms with Gasteiger partial charge in [-0.3, -0.25) is 19.7 Å². The lowest BCUT2D eigenvalue weighted by molar-refractivity contribution is -0.384. The number of phenolic OH excluding ortho intramolecular Hbond substituents is 1. The van der Waals surface area contributed by atoms with E-state index in [1.165, 1.54) is 7.11 Å². The average molecular weight is 385 g/mol. The number of rotatable bonds is 9. The summed E-state index contributed by atoms with van der Waals surface area (Å²) in [6, 6.07) is 8.22. The van der Waals surface area contributed by atoms with Gasteiger partial charge in [0, 0.05) is 29.7 Å². The van der Waals surface area contributed by atoms with Crippen LogP contribution in [0.1, 0.15) is 53.6 Å². The summed E-state index contributed by atoms with van der Waals surface area (Å²) >= 11 is 0. The first-order valence-electron chi connectivity index (χ1n) is 8.99. The van der Waals surface area contributed by atoms with E-state index in [9.17, 15) is 24.8 Å². The zero-order chi connectivity index (χ0) is 20.8. The van der Waals surface area contributed by atoms with Crippen molar-refractivity contribution in [3.8, 4) is 11.5 Å². The van der Waals surface area contributed by atoms with Gasteiger partial charge in [0.05, 0.1) is 12.0 Å². The van der Waals surface area contributed by atoms with Crippen molar-refractivity contribution in [1.29, 1.82) is 0 Å². The molecule has 0 bridgehead atoms. The van der Waals surface area contributed by atoms with E-state index in [0.717, 1.165) is 24.6 Å². The van der Waals surface area contributed by atoms with Crippen LogP contribution >= 0.6 is 0 Å². The van der Waals surface area contributed by atoms with Crippen LogP contribution in [0.15, 0.2) is 36.4 Å². The molecule has 0 aliphatic heterocycles. The Balaban J connectivity index is 2.57. The second-order valence-corrected chi connectivity index (χ2v) is 6.55. The number of ether oxygens (including phenoxy) is 1. The van der Waals surface area contributed by atoms with E-state index >= 15 is 0 Å². The molecular weight excluding hydrogens is 362 g/mol. The van der Waals surface area contributed by atoms with E-state index in [4.69, 9.17) is 4.74 Å². The van der Waals surface area contributed by atoms with Crippen molar-refractivity contribution in [2.24, 2.45) is 0 Å². The van der Waals surface area contributed by atoms with Crippen molar-refractivity contribution in [3.63, 3.8) is 0 Å². The lowest BCUT2D eigenvalue weighted by Crippen LogP contribution is -2.23. The minimum absolute atomic E-state index is 0.0458. The second-order valence-electron chi connectivity index (χ2n) is 6.55. The van der Waals surface area contributed by atoms with Gasteiger partial charge in [-0.1, -0.05) is 13.3 Å². The number of phenols is 1. The second kappa shape index (κ2) is 9.12. The number of nitrogens with zero attached hydrogens (tertiary/aromatic N) is 1. The van der Waals surface area contributed by atoms with Gasteiger partial charge < -0.3 is 9.84 Å². The highest BCUT2D eigenvalue weighted by atomic mass is 16.6. The van der Waals surface area contributed by atoms with E-state index in [1.54, 1.807) is 25.1 Å². The number of unbranched alkanes of at least 4 members (excludes halogenated alkanes) is 1. The lowest BCUT2D eigenvalue weighted by Gasteiger charge is -2.18. The molecule has 1 N–H and O–H groups in total. The van der Waals surface area contributed by atoms with Crippen molar-refractivity contribution in [3.05, 3.63) is 63.2 Å². The molecule has 0 aromatic heterocycles. The third-order valence-electron chi connectivity index (χ3n) is 4.59. The highest BCUT2D eigenvalue weighted by Crippen LogP contribution is 2.34. The fourth-order valence-electron chi connectivity index (χ4n) is 3.04. The molecule has 0 radical (unpaired) electrons. The van der Waals surface area contributed by atoms with Gasteiger partial charge in [-0.05, 0) is 43.2 Å². The maximum absolute atomic E-state index is 13.3. The smallest absolute Gasteiger partial charge is 0.270 e. The number of aryl methyl sites for hydroxylation is 1. The van der Waals surface area contributed by atoms with Crippen LogP contribution in [0.3, 0.4) is 0 Å². The summed E-state index contributed by atoms with van der Waals surface area (Å²) in [5.74, 6) is -1.94. The molecule has 0 aliphatic rings. The number of methoxy groups -OCH3 is 1. The monoisotopic (exact) mass is 385 g/mol. The molecule has 0 amide bonds. The van der Waals surface area contributed by atoms with Gasteiger partial charge >= 0.3 is 0 Å². The zero-order valence-electron chi connectivity index (χ0n) is 16.1.